The fourth-order valence-electron chi connectivity index (χ4n) is 4.05. The third kappa shape index (κ3) is 4.10. The average molecular weight is 488 g/mol. The monoisotopic (exact) mass is 487 g/mol. The highest BCUT2D eigenvalue weighted by Crippen LogP contribution is 2.33. The number of furan rings is 1. The number of fused-ring (bicyclic) bond motifs is 1. The minimum Gasteiger partial charge on any atom is -0.496 e. The summed E-state index contributed by atoms with van der Waals surface area (Å²) in [4.78, 5) is 45.2. The molecule has 3 amide bonds. The van der Waals surface area contributed by atoms with Crippen molar-refractivity contribution in [3.63, 3.8) is 0 Å². The van der Waals surface area contributed by atoms with E-state index in [0.29, 0.717) is 10.9 Å². The Bertz CT molecular complexity index is 1470. The average Bonchev–Trinajstić information content (AvgIpc) is 3.55. The Labute approximate surface area is 205 Å². The van der Waals surface area contributed by atoms with Gasteiger partial charge in [-0.15, -0.1) is 11.3 Å². The number of ether oxygens (including phenoxy) is 1. The van der Waals surface area contributed by atoms with Crippen LogP contribution in [-0.2, 0) is 6.54 Å². The molecule has 0 aliphatic carbocycles. The molecule has 1 aliphatic heterocycles. The van der Waals surface area contributed by atoms with Crippen molar-refractivity contribution in [2.75, 3.05) is 12.4 Å². The maximum Gasteiger partial charge on any atom is 0.261 e. The molecule has 0 saturated heterocycles. The van der Waals surface area contributed by atoms with Crippen LogP contribution in [0, 0.1) is 13.8 Å². The van der Waals surface area contributed by atoms with Crippen LogP contribution in [0.25, 0.3) is 11.3 Å². The van der Waals surface area contributed by atoms with Gasteiger partial charge in [0, 0.05) is 16.0 Å². The van der Waals surface area contributed by atoms with E-state index in [-0.39, 0.29) is 23.2 Å². The van der Waals surface area contributed by atoms with Crippen molar-refractivity contribution in [2.45, 2.75) is 20.4 Å². The zero-order chi connectivity index (χ0) is 24.7. The molecule has 0 spiro atoms. The first-order valence-corrected chi connectivity index (χ1v) is 11.6. The highest BCUT2D eigenvalue weighted by Gasteiger charge is 2.36. The van der Waals surface area contributed by atoms with Gasteiger partial charge in [-0.05, 0) is 67.9 Å². The lowest BCUT2D eigenvalue weighted by Crippen LogP contribution is -2.28. The van der Waals surface area contributed by atoms with Crippen molar-refractivity contribution < 1.29 is 23.5 Å². The minimum atomic E-state index is -0.460. The summed E-state index contributed by atoms with van der Waals surface area (Å²) in [7, 11) is 1.63. The first-order chi connectivity index (χ1) is 16.9. The number of hydrogen-bond acceptors (Lipinski definition) is 7. The standard InChI is InChI=1S/C26H21N3O5S/c1-14-11-16(7-9-21(14)33-3)22-15(2)35-26(27-22)28-23(30)17-6-8-19-20(12-17)25(32)29(24(19)31)13-18-5-4-10-34-18/h4-12H,13H2,1-3H3,(H,27,28,30). The second-order valence-corrected chi connectivity index (χ2v) is 9.30. The molecule has 0 radical (unpaired) electrons. The molecule has 3 heterocycles. The maximum atomic E-state index is 12.9. The molecule has 9 heteroatoms. The van der Waals surface area contributed by atoms with Crippen molar-refractivity contribution in [2.24, 2.45) is 0 Å². The lowest BCUT2D eigenvalue weighted by Gasteiger charge is -2.11. The molecule has 0 atom stereocenters. The molecule has 176 valence electrons. The van der Waals surface area contributed by atoms with Crippen LogP contribution in [0.15, 0.2) is 59.2 Å². The van der Waals surface area contributed by atoms with Crippen LogP contribution in [0.3, 0.4) is 0 Å². The molecule has 8 nitrogen and oxygen atoms in total. The number of nitrogens with one attached hydrogen (secondary N) is 1. The summed E-state index contributed by atoms with van der Waals surface area (Å²) >= 11 is 1.36. The van der Waals surface area contributed by atoms with Gasteiger partial charge in [0.15, 0.2) is 5.13 Å². The van der Waals surface area contributed by atoms with E-state index in [1.54, 1.807) is 19.2 Å². The lowest BCUT2D eigenvalue weighted by atomic mass is 10.1. The quantitative estimate of drug-likeness (QED) is 0.381. The van der Waals surface area contributed by atoms with Gasteiger partial charge in [0.1, 0.15) is 11.5 Å². The molecule has 5 rings (SSSR count). The molecule has 1 N–H and O–H groups in total. The largest absolute Gasteiger partial charge is 0.496 e. The van der Waals surface area contributed by atoms with E-state index in [4.69, 9.17) is 9.15 Å². The Morgan fingerprint density at radius 3 is 2.60 bits per heavy atom. The van der Waals surface area contributed by atoms with Gasteiger partial charge in [-0.2, -0.15) is 0 Å². The highest BCUT2D eigenvalue weighted by molar-refractivity contribution is 7.16. The van der Waals surface area contributed by atoms with Crippen LogP contribution in [0.2, 0.25) is 0 Å². The van der Waals surface area contributed by atoms with Crippen LogP contribution in [0.4, 0.5) is 5.13 Å². The van der Waals surface area contributed by atoms with E-state index < -0.39 is 17.7 Å². The summed E-state index contributed by atoms with van der Waals surface area (Å²) in [6.07, 6.45) is 1.48. The minimum absolute atomic E-state index is 0.0346. The van der Waals surface area contributed by atoms with Crippen LogP contribution in [0.1, 0.15) is 47.3 Å². The fourth-order valence-corrected chi connectivity index (χ4v) is 4.88. The number of nitrogens with zero attached hydrogens (tertiary/aromatic N) is 2. The SMILES string of the molecule is COc1ccc(-c2nc(NC(=O)c3ccc4c(c3)C(=O)N(Cc3ccco3)C4=O)sc2C)cc1C. The lowest BCUT2D eigenvalue weighted by molar-refractivity contribution is 0.0631. The molecule has 0 unspecified atom stereocenters. The van der Waals surface area contributed by atoms with E-state index in [2.05, 4.69) is 10.3 Å². The normalized spacial score (nSPS) is 12.7. The second kappa shape index (κ2) is 8.84. The van der Waals surface area contributed by atoms with Crippen molar-refractivity contribution in [1.82, 2.24) is 9.88 Å². The topological polar surface area (TPSA) is 102 Å². The molecular weight excluding hydrogens is 466 g/mol. The number of aromatic nitrogens is 1. The fraction of sp³-hybridized carbons (Fsp3) is 0.154. The predicted molar refractivity (Wildman–Crippen MR) is 131 cm³/mol. The summed E-state index contributed by atoms with van der Waals surface area (Å²) in [5, 5.41) is 3.25. The number of benzene rings is 2. The number of aryl methyl sites for hydroxylation is 2. The van der Waals surface area contributed by atoms with E-state index in [9.17, 15) is 14.4 Å². The number of rotatable bonds is 6. The highest BCUT2D eigenvalue weighted by atomic mass is 32.1. The van der Waals surface area contributed by atoms with Gasteiger partial charge in [-0.3, -0.25) is 24.6 Å². The van der Waals surface area contributed by atoms with Gasteiger partial charge in [0.2, 0.25) is 0 Å². The molecule has 0 bridgehead atoms. The number of carbonyl (C=O) groups excluding carboxylic acids is 3. The van der Waals surface area contributed by atoms with Gasteiger partial charge in [0.05, 0.1) is 36.7 Å². The summed E-state index contributed by atoms with van der Waals surface area (Å²) in [5.41, 5.74) is 3.41. The van der Waals surface area contributed by atoms with Crippen LogP contribution < -0.4 is 10.1 Å². The van der Waals surface area contributed by atoms with E-state index >= 15 is 0 Å². The Hall–Kier alpha value is -4.24. The summed E-state index contributed by atoms with van der Waals surface area (Å²) in [5.74, 6) is 0.00683. The zero-order valence-corrected chi connectivity index (χ0v) is 20.1. The number of thiazole rings is 1. The number of carbonyl (C=O) groups is 3. The van der Waals surface area contributed by atoms with Crippen LogP contribution in [0.5, 0.6) is 5.75 Å². The Morgan fingerprint density at radius 2 is 1.89 bits per heavy atom. The first-order valence-electron chi connectivity index (χ1n) is 10.8. The van der Waals surface area contributed by atoms with Gasteiger partial charge >= 0.3 is 0 Å². The molecular formula is C26H21N3O5S. The van der Waals surface area contributed by atoms with Crippen LogP contribution in [-0.4, -0.2) is 34.7 Å². The van der Waals surface area contributed by atoms with Crippen LogP contribution >= 0.6 is 11.3 Å². The number of anilines is 1. The summed E-state index contributed by atoms with van der Waals surface area (Å²) in [6, 6.07) is 13.7. The number of hydrogen-bond donors (Lipinski definition) is 1. The van der Waals surface area contributed by atoms with Crippen molar-refractivity contribution in [1.29, 1.82) is 0 Å². The van der Waals surface area contributed by atoms with Crippen molar-refractivity contribution in [3.8, 4) is 17.0 Å². The molecule has 0 saturated carbocycles. The zero-order valence-electron chi connectivity index (χ0n) is 19.2. The van der Waals surface area contributed by atoms with Gasteiger partial charge < -0.3 is 9.15 Å². The predicted octanol–water partition coefficient (Wildman–Crippen LogP) is 5.08. The Balaban J connectivity index is 1.35. The second-order valence-electron chi connectivity index (χ2n) is 8.10. The van der Waals surface area contributed by atoms with Gasteiger partial charge in [-0.25, -0.2) is 4.98 Å². The molecule has 2 aromatic heterocycles. The van der Waals surface area contributed by atoms with E-state index in [0.717, 1.165) is 32.3 Å². The smallest absolute Gasteiger partial charge is 0.261 e. The molecule has 1 aliphatic rings. The first kappa shape index (κ1) is 22.5. The van der Waals surface area contributed by atoms with E-state index in [1.807, 2.05) is 32.0 Å². The molecule has 2 aromatic carbocycles. The summed E-state index contributed by atoms with van der Waals surface area (Å²) < 4.78 is 10.6. The summed E-state index contributed by atoms with van der Waals surface area (Å²) in [6.45, 7) is 3.94. The Kier molecular flexibility index (Phi) is 5.70. The molecule has 35 heavy (non-hydrogen) atoms. The molecule has 0 fully saturated rings. The number of amides is 3. The number of imide groups is 1. The van der Waals surface area contributed by atoms with Crippen molar-refractivity contribution in [3.05, 3.63) is 87.7 Å². The maximum absolute atomic E-state index is 12.9. The third-order valence-corrected chi connectivity index (χ3v) is 6.70. The number of methoxy groups -OCH3 is 1. The van der Waals surface area contributed by atoms with Crippen molar-refractivity contribution >= 4 is 34.2 Å². The third-order valence-electron chi connectivity index (χ3n) is 5.81. The van der Waals surface area contributed by atoms with Gasteiger partial charge in [0.25, 0.3) is 17.7 Å². The molecule has 4 aromatic rings. The Morgan fingerprint density at radius 1 is 1.09 bits per heavy atom. The van der Waals surface area contributed by atoms with Gasteiger partial charge in [-0.1, -0.05) is 0 Å². The van der Waals surface area contributed by atoms with E-state index in [1.165, 1.54) is 35.8 Å².